The van der Waals surface area contributed by atoms with Crippen LogP contribution in [0.3, 0.4) is 0 Å². The molecule has 0 bridgehead atoms. The highest BCUT2D eigenvalue weighted by Crippen LogP contribution is 2.29. The Kier molecular flexibility index (Phi) is 6.85. The van der Waals surface area contributed by atoms with Crippen LogP contribution in [0.2, 0.25) is 0 Å². The quantitative estimate of drug-likeness (QED) is 0.350. The highest BCUT2D eigenvalue weighted by atomic mass is 32.1. The van der Waals surface area contributed by atoms with Gasteiger partial charge in [-0.15, -0.1) is 24.5 Å². The molecule has 3 rings (SSSR count). The van der Waals surface area contributed by atoms with Crippen molar-refractivity contribution in [2.24, 2.45) is 0 Å². The maximum absolute atomic E-state index is 12.3. The number of aromatic nitrogens is 1. The summed E-state index contributed by atoms with van der Waals surface area (Å²) in [5.41, 5.74) is 1.95. The first-order valence-electron chi connectivity index (χ1n) is 8.90. The second kappa shape index (κ2) is 9.56. The first-order chi connectivity index (χ1) is 14.8. The zero-order valence-electron chi connectivity index (χ0n) is 16.5. The molecule has 0 amide bonds. The maximum atomic E-state index is 12.3. The van der Waals surface area contributed by atoms with Crippen molar-refractivity contribution in [1.82, 2.24) is 10.3 Å². The number of hydrogen-bond donors (Lipinski definition) is 3. The third-order valence-corrected chi connectivity index (χ3v) is 4.85. The first kappa shape index (κ1) is 22.2. The van der Waals surface area contributed by atoms with E-state index in [4.69, 9.17) is 14.9 Å². The molecule has 31 heavy (non-hydrogen) atoms. The summed E-state index contributed by atoms with van der Waals surface area (Å²) in [6, 6.07) is 10.8. The summed E-state index contributed by atoms with van der Waals surface area (Å²) in [4.78, 5) is 4.36. The summed E-state index contributed by atoms with van der Waals surface area (Å²) in [7, 11) is 3.11. The number of ether oxygens (including phenoxy) is 3. The van der Waals surface area contributed by atoms with Gasteiger partial charge in [-0.2, -0.15) is 0 Å². The number of rotatable bonds is 7. The minimum Gasteiger partial charge on any atom is -0.496 e. The van der Waals surface area contributed by atoms with Gasteiger partial charge in [0.05, 0.1) is 32.0 Å². The van der Waals surface area contributed by atoms with Gasteiger partial charge in [0, 0.05) is 10.9 Å². The fourth-order valence-corrected chi connectivity index (χ4v) is 3.45. The number of nitrogens with one attached hydrogen (secondary N) is 3. The second-order valence-corrected chi connectivity index (χ2v) is 6.96. The average molecular weight is 452 g/mol. The van der Waals surface area contributed by atoms with Crippen molar-refractivity contribution in [2.45, 2.75) is 12.9 Å². The van der Waals surface area contributed by atoms with Crippen molar-refractivity contribution in [3.63, 3.8) is 0 Å². The van der Waals surface area contributed by atoms with Gasteiger partial charge in [-0.05, 0) is 36.4 Å². The molecule has 11 heteroatoms. The van der Waals surface area contributed by atoms with E-state index in [2.05, 4.69) is 20.4 Å². The Morgan fingerprint density at radius 2 is 1.71 bits per heavy atom. The van der Waals surface area contributed by atoms with Crippen molar-refractivity contribution in [1.29, 1.82) is 5.41 Å². The smallest absolute Gasteiger partial charge is 0.496 e. The minimum absolute atomic E-state index is 0.0165. The molecule has 0 radical (unpaired) electrons. The number of nitrogens with zero attached hydrogens (tertiary/aromatic N) is 1. The molecule has 0 aliphatic carbocycles. The Hall–Kier alpha value is -3.47. The molecule has 0 spiro atoms. The van der Waals surface area contributed by atoms with Crippen molar-refractivity contribution in [3.05, 3.63) is 53.4 Å². The Labute approximate surface area is 180 Å². The van der Waals surface area contributed by atoms with Gasteiger partial charge < -0.3 is 24.8 Å². The van der Waals surface area contributed by atoms with E-state index < -0.39 is 6.36 Å². The van der Waals surface area contributed by atoms with Crippen LogP contribution in [-0.2, 0) is 6.54 Å². The number of hydrogen-bond acceptors (Lipinski definition) is 6. The lowest BCUT2D eigenvalue weighted by Gasteiger charge is -2.14. The van der Waals surface area contributed by atoms with Crippen LogP contribution < -0.4 is 24.8 Å². The molecule has 2 aromatic carbocycles. The number of halogens is 3. The topological polar surface area (TPSA) is 88.5 Å². The van der Waals surface area contributed by atoms with Crippen molar-refractivity contribution >= 4 is 22.4 Å². The maximum Gasteiger partial charge on any atom is 0.573 e. The first-order valence-corrected chi connectivity index (χ1v) is 9.78. The number of methoxy groups -OCH3 is 2. The van der Waals surface area contributed by atoms with E-state index in [1.54, 1.807) is 31.7 Å². The SMILES string of the molecule is COc1cccc(OC)c1CNC(=N)Nc1nc(-c2ccc(OC(F)(F)F)cc2)cs1. The van der Waals surface area contributed by atoms with E-state index in [1.807, 2.05) is 6.07 Å². The molecule has 0 atom stereocenters. The fraction of sp³-hybridized carbons (Fsp3) is 0.200. The predicted molar refractivity (Wildman–Crippen MR) is 112 cm³/mol. The number of benzene rings is 2. The summed E-state index contributed by atoms with van der Waals surface area (Å²) in [5, 5.41) is 16.1. The Morgan fingerprint density at radius 3 is 2.29 bits per heavy atom. The molecule has 164 valence electrons. The largest absolute Gasteiger partial charge is 0.573 e. The van der Waals surface area contributed by atoms with Crippen LogP contribution in [0.1, 0.15) is 5.56 Å². The number of thiazole rings is 1. The lowest BCUT2D eigenvalue weighted by atomic mass is 10.1. The normalized spacial score (nSPS) is 11.0. The van der Waals surface area contributed by atoms with E-state index in [0.29, 0.717) is 27.9 Å². The van der Waals surface area contributed by atoms with Crippen molar-refractivity contribution < 1.29 is 27.4 Å². The van der Waals surface area contributed by atoms with Gasteiger partial charge in [0.2, 0.25) is 0 Å². The summed E-state index contributed by atoms with van der Waals surface area (Å²) in [6.45, 7) is 0.290. The molecule has 0 saturated heterocycles. The van der Waals surface area contributed by atoms with Gasteiger partial charge in [-0.25, -0.2) is 4.98 Å². The minimum atomic E-state index is -4.74. The lowest BCUT2D eigenvalue weighted by molar-refractivity contribution is -0.274. The average Bonchev–Trinajstić information content (AvgIpc) is 3.19. The van der Waals surface area contributed by atoms with Crippen LogP contribution in [0.15, 0.2) is 47.8 Å². The number of guanidine groups is 1. The molecule has 7 nitrogen and oxygen atoms in total. The molecule has 3 N–H and O–H groups in total. The third-order valence-electron chi connectivity index (χ3n) is 4.09. The Bertz CT molecular complexity index is 1020. The molecule has 1 heterocycles. The van der Waals surface area contributed by atoms with Gasteiger partial charge >= 0.3 is 6.36 Å². The lowest BCUT2D eigenvalue weighted by Crippen LogP contribution is -2.29. The summed E-state index contributed by atoms with van der Waals surface area (Å²) in [5.74, 6) is 0.980. The van der Waals surface area contributed by atoms with E-state index in [0.717, 1.165) is 5.56 Å². The van der Waals surface area contributed by atoms with E-state index >= 15 is 0 Å². The monoisotopic (exact) mass is 452 g/mol. The summed E-state index contributed by atoms with van der Waals surface area (Å²) >= 11 is 1.26. The molecule has 0 aliphatic heterocycles. The molecular formula is C20H19F3N4O3S. The molecule has 1 aromatic heterocycles. The highest BCUT2D eigenvalue weighted by molar-refractivity contribution is 7.14. The van der Waals surface area contributed by atoms with Crippen LogP contribution in [0, 0.1) is 5.41 Å². The summed E-state index contributed by atoms with van der Waals surface area (Å²) in [6.07, 6.45) is -4.74. The van der Waals surface area contributed by atoms with E-state index in [1.165, 1.54) is 35.6 Å². The Balaban J connectivity index is 1.61. The van der Waals surface area contributed by atoms with Crippen LogP contribution in [0.25, 0.3) is 11.3 Å². The number of anilines is 1. The molecule has 0 aliphatic rings. The Morgan fingerprint density at radius 1 is 1.06 bits per heavy atom. The molecular weight excluding hydrogens is 433 g/mol. The highest BCUT2D eigenvalue weighted by Gasteiger charge is 2.31. The molecule has 0 fully saturated rings. The fourth-order valence-electron chi connectivity index (χ4n) is 2.72. The van der Waals surface area contributed by atoms with Crippen LogP contribution >= 0.6 is 11.3 Å². The van der Waals surface area contributed by atoms with Crippen LogP contribution in [0.5, 0.6) is 17.2 Å². The predicted octanol–water partition coefficient (Wildman–Crippen LogP) is 4.86. The van der Waals surface area contributed by atoms with Gasteiger partial charge in [0.15, 0.2) is 11.1 Å². The molecule has 3 aromatic rings. The van der Waals surface area contributed by atoms with Gasteiger partial charge in [-0.3, -0.25) is 5.41 Å². The summed E-state index contributed by atoms with van der Waals surface area (Å²) < 4.78 is 51.3. The van der Waals surface area contributed by atoms with Gasteiger partial charge in [0.1, 0.15) is 17.2 Å². The van der Waals surface area contributed by atoms with Crippen LogP contribution in [-0.4, -0.2) is 31.5 Å². The molecule has 0 unspecified atom stereocenters. The third kappa shape index (κ3) is 6.01. The zero-order chi connectivity index (χ0) is 22.4. The van der Waals surface area contributed by atoms with Gasteiger partial charge in [0.25, 0.3) is 0 Å². The van der Waals surface area contributed by atoms with E-state index in [-0.39, 0.29) is 18.3 Å². The zero-order valence-corrected chi connectivity index (χ0v) is 17.4. The standard InChI is InChI=1S/C20H19F3N4O3S/c1-28-16-4-3-5-17(29-2)14(16)10-25-18(24)27-19-26-15(11-31-19)12-6-8-13(9-7-12)30-20(21,22)23/h3-9,11H,10H2,1-2H3,(H3,24,25,26,27). The van der Waals surface area contributed by atoms with Crippen molar-refractivity contribution in [2.75, 3.05) is 19.5 Å². The molecule has 0 saturated carbocycles. The van der Waals surface area contributed by atoms with Gasteiger partial charge in [-0.1, -0.05) is 6.07 Å². The second-order valence-electron chi connectivity index (χ2n) is 6.10. The van der Waals surface area contributed by atoms with E-state index in [9.17, 15) is 13.2 Å². The number of alkyl halides is 3. The van der Waals surface area contributed by atoms with Crippen LogP contribution in [0.4, 0.5) is 18.3 Å². The van der Waals surface area contributed by atoms with Crippen molar-refractivity contribution in [3.8, 4) is 28.5 Å².